The zero-order valence-electron chi connectivity index (χ0n) is 10.4. The third kappa shape index (κ3) is 2.99. The lowest BCUT2D eigenvalue weighted by atomic mass is 10.2. The molecule has 0 bridgehead atoms. The zero-order chi connectivity index (χ0) is 13.2. The molecule has 0 unspecified atom stereocenters. The second-order valence-electron chi connectivity index (χ2n) is 4.27. The summed E-state index contributed by atoms with van der Waals surface area (Å²) >= 11 is 1.89. The van der Waals surface area contributed by atoms with Crippen LogP contribution in [-0.4, -0.2) is 33.0 Å². The van der Waals surface area contributed by atoms with Gasteiger partial charge in [0.1, 0.15) is 0 Å². The number of sulfonamides is 1. The van der Waals surface area contributed by atoms with Gasteiger partial charge in [-0.1, -0.05) is 13.0 Å². The lowest BCUT2D eigenvalue weighted by molar-refractivity contribution is 0.598. The summed E-state index contributed by atoms with van der Waals surface area (Å²) in [7, 11) is -3.60. The fraction of sp³-hybridized carbons (Fsp3) is 0.500. The van der Waals surface area contributed by atoms with Crippen LogP contribution in [0.4, 0.5) is 5.69 Å². The van der Waals surface area contributed by atoms with Crippen molar-refractivity contribution >= 4 is 27.5 Å². The summed E-state index contributed by atoms with van der Waals surface area (Å²) in [4.78, 5) is 2.45. The number of nitrogens with zero attached hydrogens (tertiary/aromatic N) is 1. The SMILES string of the molecule is CCSCCN1CCc2ccc(S(N)(=O)=O)cc21. The van der Waals surface area contributed by atoms with Crippen LogP contribution < -0.4 is 10.0 Å². The lowest BCUT2D eigenvalue weighted by Gasteiger charge is -2.19. The molecule has 0 amide bonds. The predicted octanol–water partition coefficient (Wildman–Crippen LogP) is 1.45. The highest BCUT2D eigenvalue weighted by Gasteiger charge is 2.21. The van der Waals surface area contributed by atoms with Gasteiger partial charge < -0.3 is 4.90 Å². The normalized spacial score (nSPS) is 14.9. The summed E-state index contributed by atoms with van der Waals surface area (Å²) in [5, 5.41) is 5.17. The molecule has 0 saturated carbocycles. The molecule has 1 aromatic rings. The first-order chi connectivity index (χ1) is 8.52. The van der Waals surface area contributed by atoms with Gasteiger partial charge in [-0.3, -0.25) is 0 Å². The molecule has 0 fully saturated rings. The minimum atomic E-state index is -3.60. The van der Waals surface area contributed by atoms with Gasteiger partial charge in [0, 0.05) is 24.5 Å². The van der Waals surface area contributed by atoms with Gasteiger partial charge in [-0.05, 0) is 29.9 Å². The Hall–Kier alpha value is -0.720. The van der Waals surface area contributed by atoms with Crippen LogP contribution in [0.1, 0.15) is 12.5 Å². The molecule has 0 aliphatic carbocycles. The molecule has 2 rings (SSSR count). The maximum Gasteiger partial charge on any atom is 0.238 e. The molecule has 0 spiro atoms. The van der Waals surface area contributed by atoms with Gasteiger partial charge in [0.25, 0.3) is 0 Å². The van der Waals surface area contributed by atoms with E-state index in [1.807, 2.05) is 17.8 Å². The minimum absolute atomic E-state index is 0.205. The number of hydrogen-bond acceptors (Lipinski definition) is 4. The number of primary sulfonamides is 1. The Morgan fingerprint density at radius 2 is 2.22 bits per heavy atom. The molecule has 1 aliphatic heterocycles. The van der Waals surface area contributed by atoms with Crippen molar-refractivity contribution < 1.29 is 8.42 Å². The summed E-state index contributed by atoms with van der Waals surface area (Å²) in [5.74, 6) is 2.17. The first kappa shape index (κ1) is 13.7. The summed E-state index contributed by atoms with van der Waals surface area (Å²) in [6.45, 7) is 4.06. The van der Waals surface area contributed by atoms with E-state index in [-0.39, 0.29) is 4.90 Å². The van der Waals surface area contributed by atoms with Crippen molar-refractivity contribution in [2.24, 2.45) is 5.14 Å². The molecule has 18 heavy (non-hydrogen) atoms. The average Bonchev–Trinajstić information content (AvgIpc) is 2.71. The van der Waals surface area contributed by atoms with Crippen molar-refractivity contribution in [1.82, 2.24) is 0 Å². The Labute approximate surface area is 113 Å². The Balaban J connectivity index is 2.20. The zero-order valence-corrected chi connectivity index (χ0v) is 12.1. The monoisotopic (exact) mass is 286 g/mol. The predicted molar refractivity (Wildman–Crippen MR) is 76.7 cm³/mol. The van der Waals surface area contributed by atoms with E-state index in [0.29, 0.717) is 0 Å². The van der Waals surface area contributed by atoms with Crippen molar-refractivity contribution in [2.45, 2.75) is 18.2 Å². The Morgan fingerprint density at radius 1 is 1.44 bits per heavy atom. The smallest absolute Gasteiger partial charge is 0.238 e. The van der Waals surface area contributed by atoms with Crippen LogP contribution in [0.15, 0.2) is 23.1 Å². The largest absolute Gasteiger partial charge is 0.370 e. The second-order valence-corrected chi connectivity index (χ2v) is 7.22. The van der Waals surface area contributed by atoms with Crippen LogP contribution in [-0.2, 0) is 16.4 Å². The fourth-order valence-corrected chi connectivity index (χ4v) is 3.33. The number of nitrogens with two attached hydrogens (primary N) is 1. The van der Waals surface area contributed by atoms with Crippen LogP contribution in [0.25, 0.3) is 0 Å². The van der Waals surface area contributed by atoms with Crippen LogP contribution >= 0.6 is 11.8 Å². The molecule has 0 radical (unpaired) electrons. The van der Waals surface area contributed by atoms with Gasteiger partial charge in [-0.2, -0.15) is 11.8 Å². The fourth-order valence-electron chi connectivity index (χ4n) is 2.15. The number of benzene rings is 1. The molecule has 1 heterocycles. The highest BCUT2D eigenvalue weighted by atomic mass is 32.2. The maximum atomic E-state index is 11.4. The minimum Gasteiger partial charge on any atom is -0.370 e. The van der Waals surface area contributed by atoms with Crippen molar-refractivity contribution in [3.63, 3.8) is 0 Å². The van der Waals surface area contributed by atoms with E-state index in [1.54, 1.807) is 12.1 Å². The van der Waals surface area contributed by atoms with Gasteiger partial charge in [-0.15, -0.1) is 0 Å². The van der Waals surface area contributed by atoms with E-state index < -0.39 is 10.0 Å². The quantitative estimate of drug-likeness (QED) is 0.832. The summed E-state index contributed by atoms with van der Waals surface area (Å²) < 4.78 is 22.7. The van der Waals surface area contributed by atoms with Gasteiger partial charge in [0.2, 0.25) is 10.0 Å². The van der Waals surface area contributed by atoms with Crippen molar-refractivity contribution in [3.8, 4) is 0 Å². The molecule has 0 saturated heterocycles. The summed E-state index contributed by atoms with van der Waals surface area (Å²) in [5.41, 5.74) is 2.24. The molecular formula is C12H18N2O2S2. The maximum absolute atomic E-state index is 11.4. The molecule has 1 aromatic carbocycles. The number of thioether (sulfide) groups is 1. The van der Waals surface area contributed by atoms with E-state index in [9.17, 15) is 8.42 Å². The molecule has 1 aliphatic rings. The van der Waals surface area contributed by atoms with Crippen LogP contribution in [0.3, 0.4) is 0 Å². The number of fused-ring (bicyclic) bond motifs is 1. The lowest BCUT2D eigenvalue weighted by Crippen LogP contribution is -2.23. The van der Waals surface area contributed by atoms with Gasteiger partial charge in [0.05, 0.1) is 4.90 Å². The van der Waals surface area contributed by atoms with Crippen LogP contribution in [0.5, 0.6) is 0 Å². The van der Waals surface area contributed by atoms with Gasteiger partial charge in [0.15, 0.2) is 0 Å². The Morgan fingerprint density at radius 3 is 2.89 bits per heavy atom. The van der Waals surface area contributed by atoms with Crippen molar-refractivity contribution in [3.05, 3.63) is 23.8 Å². The molecule has 0 atom stereocenters. The second kappa shape index (κ2) is 5.50. The molecule has 0 aromatic heterocycles. The Kier molecular flexibility index (Phi) is 4.19. The number of rotatable bonds is 5. The van der Waals surface area contributed by atoms with E-state index in [0.717, 1.165) is 36.7 Å². The molecule has 6 heteroatoms. The topological polar surface area (TPSA) is 63.4 Å². The third-order valence-corrected chi connectivity index (χ3v) is 4.88. The first-order valence-corrected chi connectivity index (χ1v) is 8.71. The highest BCUT2D eigenvalue weighted by molar-refractivity contribution is 7.99. The van der Waals surface area contributed by atoms with E-state index in [1.165, 1.54) is 5.56 Å². The average molecular weight is 286 g/mol. The standard InChI is InChI=1S/C12H18N2O2S2/c1-2-17-8-7-14-6-5-10-3-4-11(9-12(10)14)18(13,15)16/h3-4,9H,2,5-8H2,1H3,(H2,13,15,16). The number of hydrogen-bond donors (Lipinski definition) is 1. The first-order valence-electron chi connectivity index (χ1n) is 6.01. The molecular weight excluding hydrogens is 268 g/mol. The molecule has 4 nitrogen and oxygen atoms in total. The summed E-state index contributed by atoms with van der Waals surface area (Å²) in [6.07, 6.45) is 0.983. The Bertz CT molecular complexity index is 529. The van der Waals surface area contributed by atoms with Gasteiger partial charge >= 0.3 is 0 Å². The van der Waals surface area contributed by atoms with E-state index in [4.69, 9.17) is 5.14 Å². The van der Waals surface area contributed by atoms with E-state index >= 15 is 0 Å². The van der Waals surface area contributed by atoms with Crippen molar-refractivity contribution in [2.75, 3.05) is 29.5 Å². The van der Waals surface area contributed by atoms with Crippen LogP contribution in [0.2, 0.25) is 0 Å². The van der Waals surface area contributed by atoms with Crippen molar-refractivity contribution in [1.29, 1.82) is 0 Å². The van der Waals surface area contributed by atoms with E-state index in [2.05, 4.69) is 11.8 Å². The summed E-state index contributed by atoms with van der Waals surface area (Å²) in [6, 6.07) is 5.18. The third-order valence-electron chi connectivity index (χ3n) is 3.09. The molecule has 2 N–H and O–H groups in total. The number of anilines is 1. The van der Waals surface area contributed by atoms with Crippen LogP contribution in [0, 0.1) is 0 Å². The highest BCUT2D eigenvalue weighted by Crippen LogP contribution is 2.30. The van der Waals surface area contributed by atoms with Gasteiger partial charge in [-0.25, -0.2) is 13.6 Å². The molecule has 100 valence electrons.